The minimum atomic E-state index is -0.514. The first-order valence-corrected chi connectivity index (χ1v) is 14.5. The second-order valence-corrected chi connectivity index (χ2v) is 12.0. The molecule has 0 atom stereocenters. The fourth-order valence-corrected chi connectivity index (χ4v) is 7.64. The van der Waals surface area contributed by atoms with Gasteiger partial charge in [0.25, 0.3) is 5.91 Å². The number of rotatable bonds is 9. The van der Waals surface area contributed by atoms with E-state index in [4.69, 9.17) is 14.2 Å². The second-order valence-electron chi connectivity index (χ2n) is 12.0. The number of anilines is 1. The fourth-order valence-electron chi connectivity index (χ4n) is 7.64. The number of hydrogen-bond donors (Lipinski definition) is 2. The van der Waals surface area contributed by atoms with Gasteiger partial charge >= 0.3 is 5.97 Å². The zero-order chi connectivity index (χ0) is 27.5. The van der Waals surface area contributed by atoms with E-state index in [0.717, 1.165) is 30.8 Å². The lowest BCUT2D eigenvalue weighted by Crippen LogP contribution is -2.48. The Morgan fingerprint density at radius 3 is 2.35 bits per heavy atom. The molecule has 4 aliphatic carbocycles. The van der Waals surface area contributed by atoms with Crippen LogP contribution in [0.2, 0.25) is 0 Å². The van der Waals surface area contributed by atoms with Crippen LogP contribution >= 0.6 is 0 Å². The highest BCUT2D eigenvalue weighted by molar-refractivity contribution is 6.01. The van der Waals surface area contributed by atoms with E-state index >= 15 is 0 Å². The molecule has 5 aliphatic rings. The van der Waals surface area contributed by atoms with E-state index in [1.807, 2.05) is 12.1 Å². The largest absolute Gasteiger partial charge is 0.506 e. The number of phenols is 1. The van der Waals surface area contributed by atoms with Crippen molar-refractivity contribution in [3.8, 4) is 11.5 Å². The first kappa shape index (κ1) is 26.8. The zero-order valence-corrected chi connectivity index (χ0v) is 22.8. The topological polar surface area (TPSA) is 97.3 Å². The molecule has 0 unspecified atom stereocenters. The van der Waals surface area contributed by atoms with Gasteiger partial charge in [-0.05, 0) is 97.6 Å². The van der Waals surface area contributed by atoms with Gasteiger partial charge in [-0.25, -0.2) is 4.79 Å². The molecule has 2 aromatic carbocycles. The van der Waals surface area contributed by atoms with Gasteiger partial charge in [-0.1, -0.05) is 12.1 Å². The summed E-state index contributed by atoms with van der Waals surface area (Å²) in [5.41, 5.74) is 2.14. The number of benzene rings is 2. The molecule has 4 bridgehead atoms. The zero-order valence-electron chi connectivity index (χ0n) is 22.8. The van der Waals surface area contributed by atoms with E-state index in [1.54, 1.807) is 0 Å². The Labute approximate surface area is 235 Å². The highest BCUT2D eigenvalue weighted by Gasteiger charge is 2.51. The summed E-state index contributed by atoms with van der Waals surface area (Å²) >= 11 is 0. The summed E-state index contributed by atoms with van der Waals surface area (Å²) in [5, 5.41) is 12.8. The molecule has 4 saturated carbocycles. The number of phenolic OH excluding ortho intramolecular Hbond substituents is 1. The van der Waals surface area contributed by atoms with E-state index in [-0.39, 0.29) is 23.6 Å². The molecule has 40 heavy (non-hydrogen) atoms. The minimum absolute atomic E-state index is 0.122. The van der Waals surface area contributed by atoms with Crippen molar-refractivity contribution < 1.29 is 28.9 Å². The Morgan fingerprint density at radius 1 is 1.00 bits per heavy atom. The molecule has 1 amide bonds. The Morgan fingerprint density at radius 2 is 1.68 bits per heavy atom. The number of nitrogens with zero attached hydrogens (tertiary/aromatic N) is 1. The van der Waals surface area contributed by atoms with Crippen LogP contribution in [0.3, 0.4) is 0 Å². The Hall–Kier alpha value is -3.36. The molecule has 2 aromatic rings. The van der Waals surface area contributed by atoms with Crippen molar-refractivity contribution in [2.45, 2.75) is 43.9 Å². The first-order chi connectivity index (χ1) is 19.5. The standard InChI is InChI=1S/C32H38N2O6/c35-29-6-1-25(31(37)40-14-10-34-8-12-38-13-9-34)18-28(29)33-30(36)7-11-39-27-4-2-26(3-5-27)32-19-22-15-23(20-32)17-24(16-22)21-32/h1-7,11,18,22-24,35H,8-10,12-17,19-21H2,(H,33,36). The lowest BCUT2D eigenvalue weighted by atomic mass is 9.48. The third kappa shape index (κ3) is 6.03. The van der Waals surface area contributed by atoms with Crippen LogP contribution in [0.25, 0.3) is 0 Å². The molecule has 0 spiro atoms. The van der Waals surface area contributed by atoms with Crippen LogP contribution in [0.1, 0.15) is 54.4 Å². The third-order valence-corrected chi connectivity index (χ3v) is 9.16. The van der Waals surface area contributed by atoms with Crippen molar-refractivity contribution in [2.75, 3.05) is 44.8 Å². The molecule has 1 heterocycles. The molecule has 1 saturated heterocycles. The molecule has 1 aliphatic heterocycles. The van der Waals surface area contributed by atoms with Gasteiger partial charge in [0.15, 0.2) is 0 Å². The van der Waals surface area contributed by atoms with Crippen LogP contribution in [-0.4, -0.2) is 61.3 Å². The van der Waals surface area contributed by atoms with E-state index in [1.165, 1.54) is 74.6 Å². The lowest BCUT2D eigenvalue weighted by molar-refractivity contribution is -0.112. The third-order valence-electron chi connectivity index (χ3n) is 9.16. The first-order valence-electron chi connectivity index (χ1n) is 14.5. The van der Waals surface area contributed by atoms with Crippen molar-refractivity contribution in [1.82, 2.24) is 4.90 Å². The maximum absolute atomic E-state index is 12.5. The fraction of sp³-hybridized carbons (Fsp3) is 0.500. The van der Waals surface area contributed by atoms with E-state index in [0.29, 0.717) is 30.9 Å². The number of carbonyl (C=O) groups excluding carboxylic acids is 2. The van der Waals surface area contributed by atoms with Gasteiger partial charge in [0.2, 0.25) is 0 Å². The summed E-state index contributed by atoms with van der Waals surface area (Å²) in [7, 11) is 0. The van der Waals surface area contributed by atoms with Crippen LogP contribution < -0.4 is 10.1 Å². The molecule has 212 valence electrons. The van der Waals surface area contributed by atoms with Crippen molar-refractivity contribution in [2.24, 2.45) is 17.8 Å². The van der Waals surface area contributed by atoms with Crippen LogP contribution in [0.5, 0.6) is 11.5 Å². The quantitative estimate of drug-likeness (QED) is 0.200. The Bertz CT molecular complexity index is 1220. The maximum Gasteiger partial charge on any atom is 0.338 e. The van der Waals surface area contributed by atoms with Gasteiger partial charge in [-0.15, -0.1) is 0 Å². The van der Waals surface area contributed by atoms with Crippen LogP contribution in [0, 0.1) is 17.8 Å². The van der Waals surface area contributed by atoms with Crippen molar-refractivity contribution >= 4 is 17.6 Å². The van der Waals surface area contributed by atoms with Gasteiger partial charge < -0.3 is 24.6 Å². The van der Waals surface area contributed by atoms with Gasteiger partial charge in [0.1, 0.15) is 18.1 Å². The average molecular weight is 547 g/mol. The van der Waals surface area contributed by atoms with E-state index in [2.05, 4.69) is 22.3 Å². The Balaban J connectivity index is 0.996. The van der Waals surface area contributed by atoms with E-state index < -0.39 is 11.9 Å². The summed E-state index contributed by atoms with van der Waals surface area (Å²) in [6, 6.07) is 12.6. The average Bonchev–Trinajstić information content (AvgIpc) is 2.94. The molecule has 5 fully saturated rings. The van der Waals surface area contributed by atoms with Crippen molar-refractivity contribution in [1.29, 1.82) is 0 Å². The smallest absolute Gasteiger partial charge is 0.338 e. The van der Waals surface area contributed by atoms with Gasteiger partial charge in [-0.2, -0.15) is 0 Å². The van der Waals surface area contributed by atoms with E-state index in [9.17, 15) is 14.7 Å². The molecule has 2 N–H and O–H groups in total. The number of carbonyl (C=O) groups is 2. The number of hydrogen-bond acceptors (Lipinski definition) is 7. The monoisotopic (exact) mass is 546 g/mol. The van der Waals surface area contributed by atoms with Gasteiger partial charge in [0.05, 0.1) is 30.7 Å². The van der Waals surface area contributed by atoms with Gasteiger partial charge in [0, 0.05) is 25.7 Å². The molecule has 0 aromatic heterocycles. The van der Waals surface area contributed by atoms with Gasteiger partial charge in [-0.3, -0.25) is 9.69 Å². The maximum atomic E-state index is 12.5. The highest BCUT2D eigenvalue weighted by atomic mass is 16.5. The summed E-state index contributed by atoms with van der Waals surface area (Å²) in [5.74, 6) is 2.22. The minimum Gasteiger partial charge on any atom is -0.506 e. The number of nitrogens with one attached hydrogen (secondary N) is 1. The molecule has 0 radical (unpaired) electrons. The summed E-state index contributed by atoms with van der Waals surface area (Å²) in [6.45, 7) is 3.89. The predicted molar refractivity (Wildman–Crippen MR) is 150 cm³/mol. The SMILES string of the molecule is O=C(C=COc1ccc(C23CC4CC(CC(C4)C2)C3)cc1)Nc1cc(C(=O)OCCN2CCOCC2)ccc1O. The number of esters is 1. The van der Waals surface area contributed by atoms with Crippen LogP contribution in [0.15, 0.2) is 54.8 Å². The molecule has 8 heteroatoms. The normalized spacial score (nSPS) is 27.6. The predicted octanol–water partition coefficient (Wildman–Crippen LogP) is 4.88. The van der Waals surface area contributed by atoms with Crippen LogP contribution in [0.4, 0.5) is 5.69 Å². The lowest BCUT2D eigenvalue weighted by Gasteiger charge is -2.57. The Kier molecular flexibility index (Phi) is 7.80. The second kappa shape index (κ2) is 11.6. The summed E-state index contributed by atoms with van der Waals surface area (Å²) in [4.78, 5) is 27.1. The number of aromatic hydroxyl groups is 1. The number of ether oxygens (including phenoxy) is 3. The number of amides is 1. The number of morpholine rings is 1. The molecular weight excluding hydrogens is 508 g/mol. The molecular formula is C32H38N2O6. The summed E-state index contributed by atoms with van der Waals surface area (Å²) in [6.07, 6.45) is 10.8. The molecule has 8 nitrogen and oxygen atoms in total. The van der Waals surface area contributed by atoms with Crippen molar-refractivity contribution in [3.05, 3.63) is 65.9 Å². The summed E-state index contributed by atoms with van der Waals surface area (Å²) < 4.78 is 16.4. The van der Waals surface area contributed by atoms with Crippen molar-refractivity contribution in [3.63, 3.8) is 0 Å². The molecule has 7 rings (SSSR count). The highest BCUT2D eigenvalue weighted by Crippen LogP contribution is 2.60. The van der Waals surface area contributed by atoms with Crippen LogP contribution in [-0.2, 0) is 19.7 Å².